The Labute approximate surface area is 147 Å². The lowest BCUT2D eigenvalue weighted by Crippen LogP contribution is -2.58. The first kappa shape index (κ1) is 16.6. The number of rotatable bonds is 1. The van der Waals surface area contributed by atoms with Crippen molar-refractivity contribution in [2.45, 2.75) is 44.2 Å². The van der Waals surface area contributed by atoms with Crippen molar-refractivity contribution in [3.63, 3.8) is 0 Å². The average Bonchev–Trinajstić information content (AvgIpc) is 2.92. The van der Waals surface area contributed by atoms with Crippen molar-refractivity contribution in [2.75, 3.05) is 45.9 Å². The third-order valence-electron chi connectivity index (χ3n) is 5.85. The van der Waals surface area contributed by atoms with Crippen LogP contribution in [0.2, 0.25) is 0 Å². The molecule has 1 atom stereocenters. The number of imide groups is 1. The minimum absolute atomic E-state index is 0.0423. The molecular weight excluding hydrogens is 324 g/mol. The van der Waals surface area contributed by atoms with Gasteiger partial charge in [0, 0.05) is 32.2 Å². The molecule has 0 N–H and O–H groups in total. The summed E-state index contributed by atoms with van der Waals surface area (Å²) in [4.78, 5) is 45.0. The molecule has 4 aliphatic rings. The van der Waals surface area contributed by atoms with E-state index in [1.165, 1.54) is 11.3 Å². The molecule has 8 heteroatoms. The molecule has 0 radical (unpaired) electrons. The molecule has 0 bridgehead atoms. The summed E-state index contributed by atoms with van der Waals surface area (Å²) in [5.74, 6) is -0.114. The van der Waals surface area contributed by atoms with Crippen LogP contribution in [0.4, 0.5) is 9.59 Å². The molecule has 4 rings (SSSR count). The molecule has 3 saturated heterocycles. The third-order valence-corrected chi connectivity index (χ3v) is 5.85. The van der Waals surface area contributed by atoms with Crippen molar-refractivity contribution in [3.8, 4) is 0 Å². The first-order valence-corrected chi connectivity index (χ1v) is 9.42. The highest BCUT2D eigenvalue weighted by atomic mass is 16.5. The van der Waals surface area contributed by atoms with E-state index in [1.54, 1.807) is 14.7 Å². The zero-order chi connectivity index (χ0) is 17.4. The van der Waals surface area contributed by atoms with Crippen LogP contribution < -0.4 is 0 Å². The summed E-state index contributed by atoms with van der Waals surface area (Å²) in [5, 5.41) is 0. The number of urea groups is 2. The molecule has 5 amide bonds. The van der Waals surface area contributed by atoms with Crippen LogP contribution in [-0.4, -0.2) is 95.6 Å². The first-order valence-electron chi connectivity index (χ1n) is 9.42. The maximum Gasteiger partial charge on any atom is 0.327 e. The molecule has 0 aromatic heterocycles. The normalized spacial score (nSPS) is 28.6. The molecule has 1 aliphatic carbocycles. The number of amides is 5. The van der Waals surface area contributed by atoms with Gasteiger partial charge in [-0.15, -0.1) is 0 Å². The van der Waals surface area contributed by atoms with Gasteiger partial charge in [0.25, 0.3) is 5.91 Å². The molecule has 1 unspecified atom stereocenters. The van der Waals surface area contributed by atoms with Crippen molar-refractivity contribution in [1.82, 2.24) is 19.6 Å². The highest BCUT2D eigenvalue weighted by molar-refractivity contribution is 6.05. The smallest absolute Gasteiger partial charge is 0.327 e. The van der Waals surface area contributed by atoms with Crippen LogP contribution in [0.25, 0.3) is 0 Å². The van der Waals surface area contributed by atoms with Gasteiger partial charge in [-0.3, -0.25) is 9.69 Å². The number of ether oxygens (including phenoxy) is 1. The van der Waals surface area contributed by atoms with Gasteiger partial charge in [0.1, 0.15) is 6.04 Å². The van der Waals surface area contributed by atoms with Gasteiger partial charge in [-0.1, -0.05) is 19.3 Å². The van der Waals surface area contributed by atoms with E-state index in [4.69, 9.17) is 4.74 Å². The lowest BCUT2D eigenvalue weighted by Gasteiger charge is -2.39. The van der Waals surface area contributed by atoms with Gasteiger partial charge in [0.15, 0.2) is 0 Å². The maximum absolute atomic E-state index is 12.9. The van der Waals surface area contributed by atoms with Crippen LogP contribution in [-0.2, 0) is 9.53 Å². The summed E-state index contributed by atoms with van der Waals surface area (Å²) in [6.07, 6.45) is 5.16. The average molecular weight is 350 g/mol. The zero-order valence-corrected chi connectivity index (χ0v) is 14.6. The van der Waals surface area contributed by atoms with Crippen molar-refractivity contribution in [2.24, 2.45) is 0 Å². The van der Waals surface area contributed by atoms with Crippen LogP contribution in [0.1, 0.15) is 32.1 Å². The number of carbonyl (C=O) groups is 3. The predicted molar refractivity (Wildman–Crippen MR) is 89.0 cm³/mol. The van der Waals surface area contributed by atoms with Gasteiger partial charge in [-0.05, 0) is 12.8 Å². The number of piperazine rings is 1. The Hall–Kier alpha value is -1.83. The standard InChI is InChI=1S/C17H26N4O4/c22-15-14-12-19(16(23)18-8-10-25-11-9-18)6-7-20(14)17(24)21(15)13-4-2-1-3-5-13/h13-14H,1-12H2. The van der Waals surface area contributed by atoms with Crippen LogP contribution in [0.15, 0.2) is 0 Å². The number of hydrogen-bond donors (Lipinski definition) is 0. The Morgan fingerprint density at radius 1 is 0.920 bits per heavy atom. The van der Waals surface area contributed by atoms with E-state index >= 15 is 0 Å². The largest absolute Gasteiger partial charge is 0.378 e. The molecule has 3 aliphatic heterocycles. The second-order valence-electron chi connectivity index (χ2n) is 7.32. The number of morpholine rings is 1. The van der Waals surface area contributed by atoms with Crippen LogP contribution in [0.3, 0.4) is 0 Å². The molecular formula is C17H26N4O4. The zero-order valence-electron chi connectivity index (χ0n) is 14.6. The van der Waals surface area contributed by atoms with Gasteiger partial charge < -0.3 is 19.4 Å². The van der Waals surface area contributed by atoms with Gasteiger partial charge in [0.05, 0.1) is 19.8 Å². The number of hydrogen-bond acceptors (Lipinski definition) is 4. The van der Waals surface area contributed by atoms with Crippen LogP contribution in [0, 0.1) is 0 Å². The Bertz CT molecular complexity index is 557. The van der Waals surface area contributed by atoms with Crippen LogP contribution >= 0.6 is 0 Å². The summed E-state index contributed by atoms with van der Waals surface area (Å²) < 4.78 is 5.29. The maximum atomic E-state index is 12.9. The lowest BCUT2D eigenvalue weighted by atomic mass is 9.94. The van der Waals surface area contributed by atoms with E-state index in [0.29, 0.717) is 45.9 Å². The van der Waals surface area contributed by atoms with Crippen molar-refractivity contribution >= 4 is 18.0 Å². The quantitative estimate of drug-likeness (QED) is 0.653. The third kappa shape index (κ3) is 2.96. The second kappa shape index (κ2) is 6.82. The number of fused-ring (bicyclic) bond motifs is 1. The topological polar surface area (TPSA) is 73.4 Å². The SMILES string of the molecule is O=C(N1CCOCC1)N1CCN2C(=O)N(C3CCCCC3)C(=O)C2C1. The summed E-state index contributed by atoms with van der Waals surface area (Å²) in [7, 11) is 0. The van der Waals surface area contributed by atoms with Gasteiger partial charge in [0.2, 0.25) is 0 Å². The van der Waals surface area contributed by atoms with Crippen molar-refractivity contribution in [3.05, 3.63) is 0 Å². The Morgan fingerprint density at radius 3 is 2.36 bits per heavy atom. The summed E-state index contributed by atoms with van der Waals surface area (Å²) >= 11 is 0. The number of carbonyl (C=O) groups excluding carboxylic acids is 3. The van der Waals surface area contributed by atoms with E-state index in [1.807, 2.05) is 0 Å². The fourth-order valence-corrected chi connectivity index (χ4v) is 4.42. The van der Waals surface area contributed by atoms with Gasteiger partial charge >= 0.3 is 12.1 Å². The second-order valence-corrected chi connectivity index (χ2v) is 7.32. The molecule has 0 spiro atoms. The Balaban J connectivity index is 1.44. The van der Waals surface area contributed by atoms with E-state index in [2.05, 4.69) is 0 Å². The van der Waals surface area contributed by atoms with Crippen molar-refractivity contribution < 1.29 is 19.1 Å². The van der Waals surface area contributed by atoms with Crippen LogP contribution in [0.5, 0.6) is 0 Å². The van der Waals surface area contributed by atoms with Gasteiger partial charge in [-0.25, -0.2) is 9.59 Å². The van der Waals surface area contributed by atoms with Crippen molar-refractivity contribution in [1.29, 1.82) is 0 Å². The van der Waals surface area contributed by atoms with E-state index < -0.39 is 6.04 Å². The molecule has 25 heavy (non-hydrogen) atoms. The molecule has 3 heterocycles. The lowest BCUT2D eigenvalue weighted by molar-refractivity contribution is -0.131. The Morgan fingerprint density at radius 2 is 1.64 bits per heavy atom. The fraction of sp³-hybridized carbons (Fsp3) is 0.824. The first-order chi connectivity index (χ1) is 12.2. The molecule has 1 saturated carbocycles. The monoisotopic (exact) mass is 350 g/mol. The summed E-state index contributed by atoms with van der Waals surface area (Å²) in [5.41, 5.74) is 0. The van der Waals surface area contributed by atoms with E-state index in [-0.39, 0.29) is 24.0 Å². The molecule has 138 valence electrons. The fourth-order valence-electron chi connectivity index (χ4n) is 4.42. The molecule has 8 nitrogen and oxygen atoms in total. The van der Waals surface area contributed by atoms with E-state index in [9.17, 15) is 14.4 Å². The Kier molecular flexibility index (Phi) is 4.54. The number of nitrogens with zero attached hydrogens (tertiary/aromatic N) is 4. The van der Waals surface area contributed by atoms with E-state index in [0.717, 1.165) is 25.7 Å². The predicted octanol–water partition coefficient (Wildman–Crippen LogP) is 0.720. The highest BCUT2D eigenvalue weighted by Gasteiger charge is 2.50. The molecule has 0 aromatic carbocycles. The minimum atomic E-state index is -0.506. The summed E-state index contributed by atoms with van der Waals surface area (Å²) in [6, 6.07) is -0.657. The summed E-state index contributed by atoms with van der Waals surface area (Å²) in [6.45, 7) is 3.53. The molecule has 0 aromatic rings. The highest BCUT2D eigenvalue weighted by Crippen LogP contribution is 2.30. The molecule has 4 fully saturated rings. The van der Waals surface area contributed by atoms with Gasteiger partial charge in [-0.2, -0.15) is 0 Å². The minimum Gasteiger partial charge on any atom is -0.378 e.